The van der Waals surface area contributed by atoms with Crippen molar-refractivity contribution in [3.05, 3.63) is 28.0 Å². The van der Waals surface area contributed by atoms with Crippen LogP contribution in [0.25, 0.3) is 0 Å². The maximum absolute atomic E-state index is 13.6. The normalized spacial score (nSPS) is 10.6. The molecule has 0 radical (unpaired) electrons. The van der Waals surface area contributed by atoms with Crippen LogP contribution in [-0.4, -0.2) is 17.6 Å². The van der Waals surface area contributed by atoms with Crippen LogP contribution >= 0.6 is 15.9 Å². The molecule has 0 aliphatic heterocycles. The lowest BCUT2D eigenvalue weighted by Gasteiger charge is -2.12. The summed E-state index contributed by atoms with van der Waals surface area (Å²) in [5.74, 6) is -1.40. The molecule has 0 aromatic heterocycles. The third-order valence-electron chi connectivity index (χ3n) is 1.97. The van der Waals surface area contributed by atoms with E-state index in [0.717, 1.165) is 0 Å². The highest BCUT2D eigenvalue weighted by Crippen LogP contribution is 2.25. The first-order valence-corrected chi connectivity index (χ1v) is 5.67. The molecule has 1 rings (SSSR count). The summed E-state index contributed by atoms with van der Waals surface area (Å²) in [6.45, 7) is 4.45. The van der Waals surface area contributed by atoms with E-state index in [0.29, 0.717) is 16.9 Å². The van der Waals surface area contributed by atoms with E-state index in [2.05, 4.69) is 21.2 Å². The Balaban J connectivity index is 3.09. The standard InChI is InChI=1S/C11H13BrFNO2/c1-6(2)5-14-10-8(11(15)16)3-7(12)4-9(10)13/h3-4,6,14H,5H2,1-2H3,(H,15,16). The quantitative estimate of drug-likeness (QED) is 0.894. The molecule has 0 amide bonds. The summed E-state index contributed by atoms with van der Waals surface area (Å²) < 4.78 is 14.0. The lowest BCUT2D eigenvalue weighted by atomic mass is 10.1. The Bertz CT molecular complexity index is 407. The van der Waals surface area contributed by atoms with E-state index in [1.165, 1.54) is 12.1 Å². The van der Waals surface area contributed by atoms with Gasteiger partial charge < -0.3 is 10.4 Å². The van der Waals surface area contributed by atoms with Gasteiger partial charge in [-0.15, -0.1) is 0 Å². The van der Waals surface area contributed by atoms with Gasteiger partial charge in [0.05, 0.1) is 11.3 Å². The fourth-order valence-corrected chi connectivity index (χ4v) is 1.66. The molecule has 0 spiro atoms. The smallest absolute Gasteiger partial charge is 0.337 e. The molecule has 1 aromatic rings. The highest BCUT2D eigenvalue weighted by molar-refractivity contribution is 9.10. The van der Waals surface area contributed by atoms with Crippen molar-refractivity contribution < 1.29 is 14.3 Å². The van der Waals surface area contributed by atoms with E-state index in [4.69, 9.17) is 5.11 Å². The van der Waals surface area contributed by atoms with Gasteiger partial charge in [0.25, 0.3) is 0 Å². The number of rotatable bonds is 4. The second-order valence-electron chi connectivity index (χ2n) is 3.89. The minimum atomic E-state index is -1.15. The van der Waals surface area contributed by atoms with E-state index in [1.54, 1.807) is 0 Å². The maximum Gasteiger partial charge on any atom is 0.337 e. The predicted octanol–water partition coefficient (Wildman–Crippen LogP) is 3.35. The van der Waals surface area contributed by atoms with Gasteiger partial charge in [0.1, 0.15) is 5.82 Å². The first-order valence-electron chi connectivity index (χ1n) is 4.88. The molecule has 2 N–H and O–H groups in total. The monoisotopic (exact) mass is 289 g/mol. The summed E-state index contributed by atoms with van der Waals surface area (Å²) in [5, 5.41) is 11.8. The summed E-state index contributed by atoms with van der Waals surface area (Å²) in [6.07, 6.45) is 0. The van der Waals surface area contributed by atoms with Crippen molar-refractivity contribution in [1.29, 1.82) is 0 Å². The van der Waals surface area contributed by atoms with Crippen molar-refractivity contribution in [1.82, 2.24) is 0 Å². The van der Waals surface area contributed by atoms with Crippen LogP contribution in [0, 0.1) is 11.7 Å². The van der Waals surface area contributed by atoms with Crippen LogP contribution in [0.5, 0.6) is 0 Å². The van der Waals surface area contributed by atoms with Gasteiger partial charge in [-0.25, -0.2) is 9.18 Å². The van der Waals surface area contributed by atoms with Gasteiger partial charge in [-0.2, -0.15) is 0 Å². The van der Waals surface area contributed by atoms with Gasteiger partial charge in [-0.3, -0.25) is 0 Å². The van der Waals surface area contributed by atoms with E-state index in [1.807, 2.05) is 13.8 Å². The second-order valence-corrected chi connectivity index (χ2v) is 4.81. The van der Waals surface area contributed by atoms with Crippen LogP contribution in [0.4, 0.5) is 10.1 Å². The van der Waals surface area contributed by atoms with E-state index >= 15 is 0 Å². The molecule has 0 aliphatic rings. The molecule has 0 heterocycles. The molecule has 0 saturated heterocycles. The number of aromatic carboxylic acids is 1. The highest BCUT2D eigenvalue weighted by atomic mass is 79.9. The van der Waals surface area contributed by atoms with Crippen LogP contribution in [0.3, 0.4) is 0 Å². The van der Waals surface area contributed by atoms with E-state index in [9.17, 15) is 9.18 Å². The summed E-state index contributed by atoms with van der Waals surface area (Å²) in [4.78, 5) is 10.9. The van der Waals surface area contributed by atoms with Gasteiger partial charge in [0, 0.05) is 11.0 Å². The number of carbonyl (C=O) groups is 1. The van der Waals surface area contributed by atoms with Crippen molar-refractivity contribution in [2.45, 2.75) is 13.8 Å². The third kappa shape index (κ3) is 3.20. The highest BCUT2D eigenvalue weighted by Gasteiger charge is 2.15. The number of benzene rings is 1. The number of hydrogen-bond donors (Lipinski definition) is 2. The number of anilines is 1. The first kappa shape index (κ1) is 13.0. The van der Waals surface area contributed by atoms with Crippen molar-refractivity contribution in [2.24, 2.45) is 5.92 Å². The van der Waals surface area contributed by atoms with Gasteiger partial charge in [-0.1, -0.05) is 29.8 Å². The number of hydrogen-bond acceptors (Lipinski definition) is 2. The molecule has 0 aliphatic carbocycles. The summed E-state index contributed by atoms with van der Waals surface area (Å²) >= 11 is 3.06. The van der Waals surface area contributed by atoms with Crippen molar-refractivity contribution in [2.75, 3.05) is 11.9 Å². The minimum Gasteiger partial charge on any atom is -0.478 e. The molecule has 1 aromatic carbocycles. The Hall–Kier alpha value is -1.10. The van der Waals surface area contributed by atoms with E-state index in [-0.39, 0.29) is 11.3 Å². The predicted molar refractivity (Wildman–Crippen MR) is 64.4 cm³/mol. The molecule has 3 nitrogen and oxygen atoms in total. The lowest BCUT2D eigenvalue weighted by molar-refractivity contribution is 0.0697. The van der Waals surface area contributed by atoms with Crippen LogP contribution < -0.4 is 5.32 Å². The fraction of sp³-hybridized carbons (Fsp3) is 0.364. The molecule has 0 fully saturated rings. The van der Waals surface area contributed by atoms with Gasteiger partial charge in [-0.05, 0) is 18.1 Å². The van der Waals surface area contributed by atoms with Gasteiger partial charge >= 0.3 is 5.97 Å². The second kappa shape index (κ2) is 5.30. The Morgan fingerprint density at radius 1 is 1.56 bits per heavy atom. The zero-order chi connectivity index (χ0) is 12.3. The molecule has 0 unspecified atom stereocenters. The third-order valence-corrected chi connectivity index (χ3v) is 2.43. The maximum atomic E-state index is 13.6. The molecule has 16 heavy (non-hydrogen) atoms. The Morgan fingerprint density at radius 3 is 2.69 bits per heavy atom. The minimum absolute atomic E-state index is 0.0457. The molecular weight excluding hydrogens is 277 g/mol. The molecule has 88 valence electrons. The Morgan fingerprint density at radius 2 is 2.19 bits per heavy atom. The molecular formula is C11H13BrFNO2. The Labute approximate surface area is 102 Å². The number of halogens is 2. The van der Waals surface area contributed by atoms with Crippen molar-refractivity contribution in [3.8, 4) is 0 Å². The number of carboxylic acid groups (broad SMARTS) is 1. The topological polar surface area (TPSA) is 49.3 Å². The average molecular weight is 290 g/mol. The van der Waals surface area contributed by atoms with Gasteiger partial charge in [0.2, 0.25) is 0 Å². The first-order chi connectivity index (χ1) is 7.41. The van der Waals surface area contributed by atoms with Gasteiger partial charge in [0.15, 0.2) is 0 Å². The number of carboxylic acids is 1. The van der Waals surface area contributed by atoms with Crippen LogP contribution in [-0.2, 0) is 0 Å². The molecule has 5 heteroatoms. The van der Waals surface area contributed by atoms with Crippen LogP contribution in [0.1, 0.15) is 24.2 Å². The number of nitrogens with one attached hydrogen (secondary N) is 1. The zero-order valence-electron chi connectivity index (χ0n) is 9.05. The lowest BCUT2D eigenvalue weighted by Crippen LogP contribution is -2.13. The SMILES string of the molecule is CC(C)CNc1c(F)cc(Br)cc1C(=O)O. The fourth-order valence-electron chi connectivity index (χ4n) is 1.23. The summed E-state index contributed by atoms with van der Waals surface area (Å²) in [6, 6.07) is 2.63. The molecule has 0 atom stereocenters. The van der Waals surface area contributed by atoms with Crippen LogP contribution in [0.2, 0.25) is 0 Å². The molecule has 0 bridgehead atoms. The largest absolute Gasteiger partial charge is 0.478 e. The average Bonchev–Trinajstić information content (AvgIpc) is 2.14. The van der Waals surface area contributed by atoms with Crippen LogP contribution in [0.15, 0.2) is 16.6 Å². The zero-order valence-corrected chi connectivity index (χ0v) is 10.6. The van der Waals surface area contributed by atoms with Crippen molar-refractivity contribution in [3.63, 3.8) is 0 Å². The summed E-state index contributed by atoms with van der Waals surface area (Å²) in [5.41, 5.74) is -0.0167. The van der Waals surface area contributed by atoms with Crippen molar-refractivity contribution >= 4 is 27.6 Å². The molecule has 0 saturated carbocycles. The summed E-state index contributed by atoms with van der Waals surface area (Å²) in [7, 11) is 0. The van der Waals surface area contributed by atoms with E-state index < -0.39 is 11.8 Å². The Kier molecular flexibility index (Phi) is 4.29.